The summed E-state index contributed by atoms with van der Waals surface area (Å²) < 4.78 is 16.8. The van der Waals surface area contributed by atoms with Crippen LogP contribution in [0.25, 0.3) is 0 Å². The predicted molar refractivity (Wildman–Crippen MR) is 289 cm³/mol. The zero-order valence-corrected chi connectivity index (χ0v) is 45.2. The molecule has 0 aliphatic carbocycles. The normalized spacial score (nSPS) is 12.1. The highest BCUT2D eigenvalue weighted by Gasteiger charge is 2.19. The van der Waals surface area contributed by atoms with Crippen LogP contribution in [0.5, 0.6) is 0 Å². The molecule has 0 bridgehead atoms. The van der Waals surface area contributed by atoms with Gasteiger partial charge in [-0.05, 0) is 38.5 Å². The molecule has 0 spiro atoms. The van der Waals surface area contributed by atoms with Crippen molar-refractivity contribution in [2.75, 3.05) is 13.2 Å². The topological polar surface area (TPSA) is 78.9 Å². The van der Waals surface area contributed by atoms with E-state index in [1.807, 2.05) is 6.08 Å². The van der Waals surface area contributed by atoms with E-state index in [-0.39, 0.29) is 37.5 Å². The Morgan fingerprint density at radius 1 is 0.299 bits per heavy atom. The first-order valence-electron chi connectivity index (χ1n) is 29.8. The molecule has 0 aromatic carbocycles. The van der Waals surface area contributed by atoms with E-state index in [4.69, 9.17) is 14.2 Å². The van der Waals surface area contributed by atoms with E-state index in [1.165, 1.54) is 231 Å². The summed E-state index contributed by atoms with van der Waals surface area (Å²) in [6.45, 7) is 6.64. The maximum atomic E-state index is 12.9. The lowest BCUT2D eigenvalue weighted by atomic mass is 10.0. The van der Waals surface area contributed by atoms with Crippen LogP contribution in [-0.2, 0) is 28.6 Å². The van der Waals surface area contributed by atoms with E-state index in [0.29, 0.717) is 19.3 Å². The summed E-state index contributed by atoms with van der Waals surface area (Å²) in [4.78, 5) is 38.1. The number of unbranched alkanes of at least 4 members (excludes halogenated alkanes) is 40. The zero-order chi connectivity index (χ0) is 48.6. The molecule has 0 saturated heterocycles. The van der Waals surface area contributed by atoms with Crippen molar-refractivity contribution in [1.29, 1.82) is 0 Å². The Kier molecular flexibility index (Phi) is 54.7. The van der Waals surface area contributed by atoms with E-state index in [9.17, 15) is 14.4 Å². The number of ether oxygens (including phenoxy) is 3. The molecule has 0 saturated carbocycles. The van der Waals surface area contributed by atoms with Gasteiger partial charge in [-0.1, -0.05) is 295 Å². The molecule has 0 radical (unpaired) electrons. The molecule has 6 heteroatoms. The van der Waals surface area contributed by atoms with Crippen molar-refractivity contribution in [1.82, 2.24) is 0 Å². The molecule has 0 amide bonds. The summed E-state index contributed by atoms with van der Waals surface area (Å²) in [6.07, 6.45) is 66.2. The predicted octanol–water partition coefficient (Wildman–Crippen LogP) is 19.9. The minimum atomic E-state index is -0.788. The molecular weight excluding hydrogens is 829 g/mol. The molecule has 0 N–H and O–H groups in total. The molecule has 0 aliphatic rings. The van der Waals surface area contributed by atoms with Crippen molar-refractivity contribution in [2.24, 2.45) is 0 Å². The number of allylic oxidation sites excluding steroid dienone is 4. The third-order valence-corrected chi connectivity index (χ3v) is 13.5. The van der Waals surface area contributed by atoms with Gasteiger partial charge in [-0.3, -0.25) is 14.4 Å². The van der Waals surface area contributed by atoms with Crippen LogP contribution in [0.3, 0.4) is 0 Å². The van der Waals surface area contributed by atoms with Crippen LogP contribution in [-0.4, -0.2) is 37.2 Å². The van der Waals surface area contributed by atoms with Gasteiger partial charge in [0, 0.05) is 19.3 Å². The van der Waals surface area contributed by atoms with Crippen molar-refractivity contribution in [2.45, 2.75) is 335 Å². The highest BCUT2D eigenvalue weighted by molar-refractivity contribution is 5.71. The van der Waals surface area contributed by atoms with Crippen LogP contribution in [0.4, 0.5) is 0 Å². The van der Waals surface area contributed by atoms with Gasteiger partial charge in [-0.2, -0.15) is 0 Å². The van der Waals surface area contributed by atoms with Gasteiger partial charge in [0.15, 0.2) is 6.10 Å². The summed E-state index contributed by atoms with van der Waals surface area (Å²) >= 11 is 0. The Morgan fingerprint density at radius 3 is 0.910 bits per heavy atom. The van der Waals surface area contributed by atoms with E-state index < -0.39 is 6.10 Å². The maximum absolute atomic E-state index is 12.9. The number of carbonyl (C=O) groups is 3. The Hall–Kier alpha value is -2.11. The van der Waals surface area contributed by atoms with Crippen LogP contribution in [0.15, 0.2) is 24.3 Å². The third-order valence-electron chi connectivity index (χ3n) is 13.5. The number of hydrogen-bond acceptors (Lipinski definition) is 6. The van der Waals surface area contributed by atoms with Crippen LogP contribution >= 0.6 is 0 Å². The van der Waals surface area contributed by atoms with Crippen molar-refractivity contribution in [3.63, 3.8) is 0 Å². The van der Waals surface area contributed by atoms with Crippen molar-refractivity contribution < 1.29 is 28.6 Å². The summed E-state index contributed by atoms with van der Waals surface area (Å²) in [5.41, 5.74) is 0. The molecule has 0 rings (SSSR count). The molecule has 394 valence electrons. The standard InChI is InChI=1S/C61H114O6/c1-4-7-10-13-16-19-22-25-27-29-31-33-36-39-42-45-48-51-54-60(63)66-57-58(56-65-59(62)53-50-47-44-41-38-35-24-21-18-15-12-9-6-3)67-61(64)55-52-49-46-43-40-37-34-32-30-28-26-23-20-17-14-11-8-5-2/h35,38,44,47,58H,4-34,36-37,39-43,45-46,48-57H2,1-3H3/b38-35-,47-44-. The first-order valence-corrected chi connectivity index (χ1v) is 29.8. The molecule has 0 aromatic heterocycles. The Labute approximate surface area is 417 Å². The van der Waals surface area contributed by atoms with Gasteiger partial charge in [0.05, 0.1) is 0 Å². The van der Waals surface area contributed by atoms with Crippen molar-refractivity contribution >= 4 is 17.9 Å². The fourth-order valence-electron chi connectivity index (χ4n) is 8.97. The van der Waals surface area contributed by atoms with Gasteiger partial charge in [0.2, 0.25) is 0 Å². The molecule has 0 heterocycles. The van der Waals surface area contributed by atoms with Crippen molar-refractivity contribution in [3.05, 3.63) is 24.3 Å². The van der Waals surface area contributed by atoms with Crippen LogP contribution in [0.1, 0.15) is 329 Å². The lowest BCUT2D eigenvalue weighted by molar-refractivity contribution is -0.166. The van der Waals surface area contributed by atoms with E-state index in [1.54, 1.807) is 0 Å². The number of rotatable bonds is 55. The summed E-state index contributed by atoms with van der Waals surface area (Å²) in [5.74, 6) is -0.930. The second kappa shape index (κ2) is 56.5. The molecular formula is C61H114O6. The largest absolute Gasteiger partial charge is 0.462 e. The van der Waals surface area contributed by atoms with Crippen LogP contribution in [0.2, 0.25) is 0 Å². The number of esters is 3. The Morgan fingerprint density at radius 2 is 0.567 bits per heavy atom. The highest BCUT2D eigenvalue weighted by Crippen LogP contribution is 2.17. The zero-order valence-electron chi connectivity index (χ0n) is 45.2. The number of hydrogen-bond donors (Lipinski definition) is 0. The first kappa shape index (κ1) is 64.9. The summed E-state index contributed by atoms with van der Waals surface area (Å²) in [7, 11) is 0. The van der Waals surface area contributed by atoms with Crippen molar-refractivity contribution in [3.8, 4) is 0 Å². The Balaban J connectivity index is 4.33. The van der Waals surface area contributed by atoms with Gasteiger partial charge < -0.3 is 14.2 Å². The monoisotopic (exact) mass is 943 g/mol. The highest BCUT2D eigenvalue weighted by atomic mass is 16.6. The van der Waals surface area contributed by atoms with Crippen LogP contribution < -0.4 is 0 Å². The maximum Gasteiger partial charge on any atom is 0.306 e. The second-order valence-electron chi connectivity index (χ2n) is 20.3. The Bertz CT molecular complexity index is 1080. The molecule has 0 aliphatic heterocycles. The fourth-order valence-corrected chi connectivity index (χ4v) is 8.97. The van der Waals surface area contributed by atoms with Gasteiger partial charge >= 0.3 is 17.9 Å². The molecule has 1 unspecified atom stereocenters. The minimum absolute atomic E-state index is 0.0823. The van der Waals surface area contributed by atoms with E-state index >= 15 is 0 Å². The molecule has 1 atom stereocenters. The van der Waals surface area contributed by atoms with Gasteiger partial charge in [0.25, 0.3) is 0 Å². The van der Waals surface area contributed by atoms with Crippen LogP contribution in [0, 0.1) is 0 Å². The van der Waals surface area contributed by atoms with Gasteiger partial charge in [0.1, 0.15) is 13.2 Å². The van der Waals surface area contributed by atoms with E-state index in [2.05, 4.69) is 39.0 Å². The molecule has 0 fully saturated rings. The summed E-state index contributed by atoms with van der Waals surface area (Å²) in [6, 6.07) is 0. The number of carbonyl (C=O) groups excluding carboxylic acids is 3. The second-order valence-corrected chi connectivity index (χ2v) is 20.3. The molecule has 6 nitrogen and oxygen atoms in total. The van der Waals surface area contributed by atoms with E-state index in [0.717, 1.165) is 51.4 Å². The lowest BCUT2D eigenvalue weighted by Gasteiger charge is -2.18. The molecule has 0 aromatic rings. The quantitative estimate of drug-likeness (QED) is 0.0262. The lowest BCUT2D eigenvalue weighted by Crippen LogP contribution is -2.30. The first-order chi connectivity index (χ1) is 33.0. The average molecular weight is 944 g/mol. The molecule has 67 heavy (non-hydrogen) atoms. The van der Waals surface area contributed by atoms with Gasteiger partial charge in [-0.25, -0.2) is 0 Å². The van der Waals surface area contributed by atoms with Gasteiger partial charge in [-0.15, -0.1) is 0 Å². The smallest absolute Gasteiger partial charge is 0.306 e. The minimum Gasteiger partial charge on any atom is -0.462 e. The SMILES string of the molecule is CCCCCCCC/C=C\C/C=C\CCC(=O)OCC(COC(=O)CCCCCCCCCCCCCCCCCCCC)OC(=O)CCCCCCCCCCCCCCCCCCCC. The summed E-state index contributed by atoms with van der Waals surface area (Å²) in [5, 5.41) is 0. The average Bonchev–Trinajstić information content (AvgIpc) is 3.33. The fraction of sp³-hybridized carbons (Fsp3) is 0.885. The third kappa shape index (κ3) is 54.7.